The van der Waals surface area contributed by atoms with Gasteiger partial charge in [0.1, 0.15) is 0 Å². The third-order valence-corrected chi connectivity index (χ3v) is 6.96. The second-order valence-corrected chi connectivity index (χ2v) is 8.57. The van der Waals surface area contributed by atoms with E-state index in [0.717, 1.165) is 11.6 Å². The van der Waals surface area contributed by atoms with E-state index in [0.29, 0.717) is 0 Å². The average molecular weight is 325 g/mol. The smallest absolute Gasteiger partial charge is 0.373 e. The molecule has 0 aliphatic rings. The van der Waals surface area contributed by atoms with Gasteiger partial charge in [0.25, 0.3) is 0 Å². The van der Waals surface area contributed by atoms with Gasteiger partial charge >= 0.3 is 8.80 Å². The Kier molecular flexibility index (Phi) is 9.63. The van der Waals surface area contributed by atoms with Crippen molar-refractivity contribution >= 4 is 14.0 Å². The molecule has 0 amide bonds. The molecular formula is C18H32O3Si. The summed E-state index contributed by atoms with van der Waals surface area (Å²) in [6.07, 6.45) is 10.3. The molecular weight excluding hydrogens is 292 g/mol. The fourth-order valence-corrected chi connectivity index (χ4v) is 4.95. The fourth-order valence-electron chi connectivity index (χ4n) is 2.89. The highest BCUT2D eigenvalue weighted by atomic mass is 28.4. The Hall–Kier alpha value is -0.683. The molecule has 0 bridgehead atoms. The maximum Gasteiger partial charge on any atom is 0.536 e. The molecule has 22 heavy (non-hydrogen) atoms. The molecule has 0 aromatic heterocycles. The van der Waals surface area contributed by atoms with Crippen LogP contribution in [0.3, 0.4) is 0 Å². The van der Waals surface area contributed by atoms with Crippen molar-refractivity contribution in [3.8, 4) is 0 Å². The van der Waals surface area contributed by atoms with E-state index in [1.165, 1.54) is 50.5 Å². The van der Waals surface area contributed by atoms with Crippen molar-refractivity contribution in [2.45, 2.75) is 58.3 Å². The van der Waals surface area contributed by atoms with Crippen LogP contribution in [-0.2, 0) is 19.7 Å². The molecule has 0 spiro atoms. The van der Waals surface area contributed by atoms with Gasteiger partial charge in [-0.25, -0.2) is 0 Å². The highest BCUT2D eigenvalue weighted by molar-refractivity contribution is 6.75. The molecule has 0 heterocycles. The second kappa shape index (κ2) is 10.9. The van der Waals surface area contributed by atoms with Crippen LogP contribution in [0.4, 0.5) is 0 Å². The molecule has 0 radical (unpaired) electrons. The summed E-state index contributed by atoms with van der Waals surface area (Å²) in [6.45, 7) is 2.26. The summed E-state index contributed by atoms with van der Waals surface area (Å²) in [5.41, 5.74) is 1.30. The van der Waals surface area contributed by atoms with Crippen LogP contribution in [0.2, 0.25) is 0 Å². The predicted octanol–water partition coefficient (Wildman–Crippen LogP) is 4.06. The average Bonchev–Trinajstić information content (AvgIpc) is 2.57. The van der Waals surface area contributed by atoms with Crippen molar-refractivity contribution in [3.05, 3.63) is 29.8 Å². The van der Waals surface area contributed by atoms with Gasteiger partial charge in [0, 0.05) is 26.5 Å². The second-order valence-electron chi connectivity index (χ2n) is 5.70. The molecule has 3 nitrogen and oxygen atoms in total. The lowest BCUT2D eigenvalue weighted by Gasteiger charge is -2.26. The van der Waals surface area contributed by atoms with E-state index in [1.54, 1.807) is 21.3 Å². The molecule has 4 heteroatoms. The molecule has 1 aromatic carbocycles. The van der Waals surface area contributed by atoms with E-state index >= 15 is 0 Å². The van der Waals surface area contributed by atoms with Gasteiger partial charge in [0.05, 0.1) is 0 Å². The van der Waals surface area contributed by atoms with Crippen LogP contribution in [0.1, 0.15) is 57.4 Å². The number of hydrogen-bond acceptors (Lipinski definition) is 3. The summed E-state index contributed by atoms with van der Waals surface area (Å²) in [5.74, 6) is 0. The molecule has 126 valence electrons. The molecule has 1 rings (SSSR count). The molecule has 0 aliphatic heterocycles. The lowest BCUT2D eigenvalue weighted by Crippen LogP contribution is -2.55. The normalized spacial score (nSPS) is 11.8. The van der Waals surface area contributed by atoms with E-state index in [-0.39, 0.29) is 0 Å². The molecule has 0 saturated heterocycles. The molecule has 0 N–H and O–H groups in total. The minimum Gasteiger partial charge on any atom is -0.373 e. The van der Waals surface area contributed by atoms with Crippen LogP contribution in [0.15, 0.2) is 24.3 Å². The maximum absolute atomic E-state index is 5.63. The Morgan fingerprint density at radius 3 is 1.91 bits per heavy atom. The molecule has 0 saturated carbocycles. The van der Waals surface area contributed by atoms with Crippen LogP contribution in [0.25, 0.3) is 0 Å². The topological polar surface area (TPSA) is 27.7 Å². The minimum absolute atomic E-state index is 1.06. The van der Waals surface area contributed by atoms with Crippen molar-refractivity contribution in [2.75, 3.05) is 21.3 Å². The summed E-state index contributed by atoms with van der Waals surface area (Å²) < 4.78 is 16.9. The molecule has 0 unspecified atom stereocenters. The van der Waals surface area contributed by atoms with E-state index in [1.807, 2.05) is 6.07 Å². The largest absolute Gasteiger partial charge is 0.536 e. The Morgan fingerprint density at radius 1 is 0.773 bits per heavy atom. The van der Waals surface area contributed by atoms with Gasteiger partial charge in [-0.1, -0.05) is 69.7 Å². The lowest BCUT2D eigenvalue weighted by atomic mass is 10.0. The molecule has 0 aliphatic carbocycles. The van der Waals surface area contributed by atoms with Crippen LogP contribution in [0.5, 0.6) is 0 Å². The van der Waals surface area contributed by atoms with Gasteiger partial charge in [0.2, 0.25) is 0 Å². The summed E-state index contributed by atoms with van der Waals surface area (Å²) in [5, 5.41) is 1.11. The molecule has 0 atom stereocenters. The SMILES string of the molecule is CCCCCCCCCc1ccccc1[Si](OC)(OC)OC. The van der Waals surface area contributed by atoms with Gasteiger partial charge in [-0.05, 0) is 18.4 Å². The van der Waals surface area contributed by atoms with Crippen LogP contribution < -0.4 is 5.19 Å². The Labute approximate surface area is 137 Å². The molecule has 0 fully saturated rings. The first kappa shape index (κ1) is 19.4. The summed E-state index contributed by atoms with van der Waals surface area (Å²) in [7, 11) is 2.29. The van der Waals surface area contributed by atoms with Gasteiger partial charge in [0.15, 0.2) is 0 Å². The van der Waals surface area contributed by atoms with E-state index in [9.17, 15) is 0 Å². The van der Waals surface area contributed by atoms with Gasteiger partial charge in [-0.15, -0.1) is 0 Å². The highest BCUT2D eigenvalue weighted by Crippen LogP contribution is 2.14. The first-order chi connectivity index (χ1) is 10.7. The van der Waals surface area contributed by atoms with E-state index in [2.05, 4.69) is 25.1 Å². The zero-order valence-corrected chi connectivity index (χ0v) is 15.7. The quantitative estimate of drug-likeness (QED) is 0.428. The first-order valence-electron chi connectivity index (χ1n) is 8.48. The third kappa shape index (κ3) is 5.50. The van der Waals surface area contributed by atoms with Crippen molar-refractivity contribution in [1.82, 2.24) is 0 Å². The van der Waals surface area contributed by atoms with Crippen LogP contribution >= 0.6 is 0 Å². The van der Waals surface area contributed by atoms with Crippen molar-refractivity contribution in [3.63, 3.8) is 0 Å². The number of hydrogen-bond donors (Lipinski definition) is 0. The maximum atomic E-state index is 5.63. The standard InChI is InChI=1S/C18H32O3Si/c1-5-6-7-8-9-10-11-14-17-15-12-13-16-18(17)22(19-2,20-3)21-4/h12-13,15-16H,5-11,14H2,1-4H3. The van der Waals surface area contributed by atoms with Crippen molar-refractivity contribution in [1.29, 1.82) is 0 Å². The van der Waals surface area contributed by atoms with Gasteiger partial charge in [-0.3, -0.25) is 0 Å². The van der Waals surface area contributed by atoms with Crippen LogP contribution in [0, 0.1) is 0 Å². The zero-order valence-electron chi connectivity index (χ0n) is 14.7. The monoisotopic (exact) mass is 324 g/mol. The third-order valence-electron chi connectivity index (χ3n) is 4.20. The van der Waals surface area contributed by atoms with Crippen LogP contribution in [-0.4, -0.2) is 30.1 Å². The Balaban J connectivity index is 2.57. The minimum atomic E-state index is -2.72. The van der Waals surface area contributed by atoms with Gasteiger partial charge < -0.3 is 13.3 Å². The summed E-state index contributed by atoms with van der Waals surface area (Å²) in [4.78, 5) is 0. The Morgan fingerprint density at radius 2 is 1.32 bits per heavy atom. The zero-order chi connectivity index (χ0) is 16.3. The lowest BCUT2D eigenvalue weighted by molar-refractivity contribution is 0.140. The van der Waals surface area contributed by atoms with Gasteiger partial charge in [-0.2, -0.15) is 0 Å². The number of rotatable bonds is 12. The predicted molar refractivity (Wildman–Crippen MR) is 94.6 cm³/mol. The highest BCUT2D eigenvalue weighted by Gasteiger charge is 2.42. The number of unbranched alkanes of at least 4 members (excludes halogenated alkanes) is 6. The first-order valence-corrected chi connectivity index (χ1v) is 10.2. The van der Waals surface area contributed by atoms with E-state index in [4.69, 9.17) is 13.3 Å². The number of benzene rings is 1. The van der Waals surface area contributed by atoms with Crippen molar-refractivity contribution < 1.29 is 13.3 Å². The Bertz CT molecular complexity index is 397. The summed E-state index contributed by atoms with van der Waals surface area (Å²) in [6, 6.07) is 8.37. The fraction of sp³-hybridized carbons (Fsp3) is 0.667. The van der Waals surface area contributed by atoms with Crippen molar-refractivity contribution in [2.24, 2.45) is 0 Å². The molecule has 1 aromatic rings. The number of aryl methyl sites for hydroxylation is 1. The summed E-state index contributed by atoms with van der Waals surface area (Å²) >= 11 is 0. The van der Waals surface area contributed by atoms with E-state index < -0.39 is 8.80 Å².